The Kier molecular flexibility index (Phi) is 5.73. The van der Waals surface area contributed by atoms with E-state index in [4.69, 9.17) is 19.7 Å². The molecule has 8 nitrogen and oxygen atoms in total. The second kappa shape index (κ2) is 7.29. The molecule has 1 aromatic heterocycles. The normalized spacial score (nSPS) is 10.7. The van der Waals surface area contributed by atoms with E-state index in [0.717, 1.165) is 0 Å². The fourth-order valence-corrected chi connectivity index (χ4v) is 1.58. The van der Waals surface area contributed by atoms with Gasteiger partial charge in [-0.25, -0.2) is 4.79 Å². The second-order valence-electron chi connectivity index (χ2n) is 4.13. The van der Waals surface area contributed by atoms with Crippen molar-refractivity contribution in [3.63, 3.8) is 0 Å². The highest BCUT2D eigenvalue weighted by Gasteiger charge is 2.14. The minimum atomic E-state index is -1.20. The van der Waals surface area contributed by atoms with Crippen molar-refractivity contribution < 1.29 is 34.1 Å². The van der Waals surface area contributed by atoms with Crippen molar-refractivity contribution in [2.24, 2.45) is 0 Å². The summed E-state index contributed by atoms with van der Waals surface area (Å²) in [5, 5.41) is 26.0. The quantitative estimate of drug-likeness (QED) is 0.605. The molecule has 0 aliphatic heterocycles. The lowest BCUT2D eigenvalue weighted by Crippen LogP contribution is -2.28. The summed E-state index contributed by atoms with van der Waals surface area (Å²) in [7, 11) is 0. The zero-order valence-electron chi connectivity index (χ0n) is 10.6. The van der Waals surface area contributed by atoms with E-state index < -0.39 is 17.9 Å². The van der Waals surface area contributed by atoms with Gasteiger partial charge in [-0.3, -0.25) is 14.5 Å². The van der Waals surface area contributed by atoms with E-state index >= 15 is 0 Å². The predicted molar refractivity (Wildman–Crippen MR) is 65.4 cm³/mol. The molecule has 0 aliphatic rings. The Labute approximate surface area is 114 Å². The van der Waals surface area contributed by atoms with Gasteiger partial charge in [0.05, 0.1) is 19.4 Å². The maximum absolute atomic E-state index is 10.7. The van der Waals surface area contributed by atoms with E-state index in [-0.39, 0.29) is 38.2 Å². The van der Waals surface area contributed by atoms with Crippen molar-refractivity contribution >= 4 is 17.9 Å². The molecule has 1 aromatic rings. The van der Waals surface area contributed by atoms with Gasteiger partial charge in [0.25, 0.3) is 0 Å². The van der Waals surface area contributed by atoms with Crippen LogP contribution in [0.3, 0.4) is 0 Å². The topological polar surface area (TPSA) is 128 Å². The second-order valence-corrected chi connectivity index (χ2v) is 4.13. The molecular weight excluding hydrogens is 270 g/mol. The van der Waals surface area contributed by atoms with E-state index in [1.54, 1.807) is 4.90 Å². The van der Waals surface area contributed by atoms with Gasteiger partial charge < -0.3 is 19.7 Å². The van der Waals surface area contributed by atoms with Crippen LogP contribution in [0.1, 0.15) is 29.2 Å². The highest BCUT2D eigenvalue weighted by Crippen LogP contribution is 2.11. The minimum absolute atomic E-state index is 0.133. The number of furan rings is 1. The number of carbonyl (C=O) groups is 3. The average Bonchev–Trinajstić information content (AvgIpc) is 2.81. The van der Waals surface area contributed by atoms with E-state index in [2.05, 4.69) is 0 Å². The summed E-state index contributed by atoms with van der Waals surface area (Å²) in [5.41, 5.74) is 0. The highest BCUT2D eigenvalue weighted by molar-refractivity contribution is 5.84. The summed E-state index contributed by atoms with van der Waals surface area (Å²) in [6.45, 7) is 0.477. The van der Waals surface area contributed by atoms with Gasteiger partial charge in [-0.2, -0.15) is 0 Å². The number of aromatic carboxylic acids is 1. The van der Waals surface area contributed by atoms with Gasteiger partial charge in [0, 0.05) is 13.1 Å². The van der Waals surface area contributed by atoms with Crippen molar-refractivity contribution in [3.05, 3.63) is 23.7 Å². The molecule has 110 valence electrons. The number of nitrogens with zero attached hydrogens (tertiary/aromatic N) is 1. The van der Waals surface area contributed by atoms with Crippen LogP contribution in [0, 0.1) is 0 Å². The Balaban J connectivity index is 2.63. The van der Waals surface area contributed by atoms with Crippen LogP contribution in [0.25, 0.3) is 0 Å². The number of hydrogen-bond donors (Lipinski definition) is 3. The smallest absolute Gasteiger partial charge is 0.371 e. The van der Waals surface area contributed by atoms with E-state index in [1.165, 1.54) is 12.1 Å². The van der Waals surface area contributed by atoms with Crippen LogP contribution in [-0.4, -0.2) is 51.2 Å². The molecule has 3 N–H and O–H groups in total. The summed E-state index contributed by atoms with van der Waals surface area (Å²) in [4.78, 5) is 33.3. The lowest BCUT2D eigenvalue weighted by atomic mass is 10.3. The van der Waals surface area contributed by atoms with Crippen molar-refractivity contribution in [1.29, 1.82) is 0 Å². The van der Waals surface area contributed by atoms with Gasteiger partial charge in [0.15, 0.2) is 0 Å². The lowest BCUT2D eigenvalue weighted by molar-refractivity contribution is -0.137. The molecule has 0 saturated heterocycles. The number of carboxylic acid groups (broad SMARTS) is 3. The Bertz CT molecular complexity index is 476. The molecule has 0 unspecified atom stereocenters. The fraction of sp³-hybridized carbons (Fsp3) is 0.417. The molecule has 0 atom stereocenters. The summed E-state index contributed by atoms with van der Waals surface area (Å²) < 4.78 is 5.05. The SMILES string of the molecule is O=C(O)CCN(CCC(=O)O)Cc1ccc(C(=O)O)o1. The van der Waals surface area contributed by atoms with Gasteiger partial charge in [0.1, 0.15) is 5.76 Å². The minimum Gasteiger partial charge on any atom is -0.481 e. The molecule has 0 fully saturated rings. The van der Waals surface area contributed by atoms with Crippen LogP contribution in [0.4, 0.5) is 0 Å². The van der Waals surface area contributed by atoms with Crippen molar-refractivity contribution in [2.45, 2.75) is 19.4 Å². The van der Waals surface area contributed by atoms with Crippen LogP contribution in [-0.2, 0) is 16.1 Å². The van der Waals surface area contributed by atoms with Crippen molar-refractivity contribution in [2.75, 3.05) is 13.1 Å². The maximum atomic E-state index is 10.7. The Morgan fingerprint density at radius 1 is 1.00 bits per heavy atom. The molecule has 0 saturated carbocycles. The van der Waals surface area contributed by atoms with Crippen LogP contribution in [0.5, 0.6) is 0 Å². The maximum Gasteiger partial charge on any atom is 0.371 e. The van der Waals surface area contributed by atoms with Gasteiger partial charge >= 0.3 is 17.9 Å². The van der Waals surface area contributed by atoms with Crippen LogP contribution in [0.2, 0.25) is 0 Å². The first kappa shape index (κ1) is 15.7. The number of aliphatic carboxylic acids is 2. The third-order valence-corrected chi connectivity index (χ3v) is 2.54. The Hall–Kier alpha value is -2.35. The highest BCUT2D eigenvalue weighted by atomic mass is 16.4. The average molecular weight is 285 g/mol. The zero-order chi connectivity index (χ0) is 15.1. The number of hydrogen-bond acceptors (Lipinski definition) is 5. The van der Waals surface area contributed by atoms with Gasteiger partial charge in [-0.1, -0.05) is 0 Å². The molecule has 0 aliphatic carbocycles. The van der Waals surface area contributed by atoms with Gasteiger partial charge in [0.2, 0.25) is 5.76 Å². The molecule has 0 amide bonds. The standard InChI is InChI=1S/C12H15NO7/c14-10(15)3-5-13(6-4-11(16)17)7-8-1-2-9(20-8)12(18)19/h1-2H,3-7H2,(H,14,15)(H,16,17)(H,18,19). The first-order valence-corrected chi connectivity index (χ1v) is 5.86. The largest absolute Gasteiger partial charge is 0.481 e. The number of rotatable bonds is 9. The Morgan fingerprint density at radius 3 is 1.95 bits per heavy atom. The number of carboxylic acids is 3. The van der Waals surface area contributed by atoms with Crippen LogP contribution >= 0.6 is 0 Å². The third-order valence-electron chi connectivity index (χ3n) is 2.54. The van der Waals surface area contributed by atoms with Gasteiger partial charge in [-0.15, -0.1) is 0 Å². The molecule has 0 radical (unpaired) electrons. The van der Waals surface area contributed by atoms with Gasteiger partial charge in [-0.05, 0) is 12.1 Å². The van der Waals surface area contributed by atoms with E-state index in [9.17, 15) is 14.4 Å². The first-order chi connectivity index (χ1) is 9.38. The van der Waals surface area contributed by atoms with Crippen molar-refractivity contribution in [1.82, 2.24) is 4.90 Å². The Morgan fingerprint density at radius 2 is 1.55 bits per heavy atom. The molecule has 0 bridgehead atoms. The van der Waals surface area contributed by atoms with Crippen LogP contribution < -0.4 is 0 Å². The van der Waals surface area contributed by atoms with E-state index in [0.29, 0.717) is 5.76 Å². The lowest BCUT2D eigenvalue weighted by Gasteiger charge is -2.19. The molecule has 8 heteroatoms. The summed E-state index contributed by atoms with van der Waals surface area (Å²) in [6.07, 6.45) is -0.266. The monoisotopic (exact) mass is 285 g/mol. The molecule has 1 rings (SSSR count). The summed E-state index contributed by atoms with van der Waals surface area (Å²) in [5.74, 6) is -3.04. The fourth-order valence-electron chi connectivity index (χ4n) is 1.58. The summed E-state index contributed by atoms with van der Waals surface area (Å²) in [6, 6.07) is 2.77. The third kappa shape index (κ3) is 5.53. The summed E-state index contributed by atoms with van der Waals surface area (Å²) >= 11 is 0. The molecule has 1 heterocycles. The van der Waals surface area contributed by atoms with E-state index in [1.807, 2.05) is 0 Å². The molecule has 20 heavy (non-hydrogen) atoms. The zero-order valence-corrected chi connectivity index (χ0v) is 10.6. The molecule has 0 spiro atoms. The van der Waals surface area contributed by atoms with Crippen molar-refractivity contribution in [3.8, 4) is 0 Å². The predicted octanol–water partition coefficient (Wildman–Crippen LogP) is 0.729. The first-order valence-electron chi connectivity index (χ1n) is 5.86. The van der Waals surface area contributed by atoms with Crippen LogP contribution in [0.15, 0.2) is 16.5 Å². The molecule has 0 aromatic carbocycles. The molecular formula is C12H15NO7.